The standard InChI is InChI=1S/C16H24N6O2S/c1-23-8-7-22-16(18-19-20-22)13-10-21(6-9-24-13)11-15-17-12-4-2-3-5-14(12)25-15/h13H,2-11H2,1H3/t13-/m0/s1. The van der Waals surface area contributed by atoms with E-state index >= 15 is 0 Å². The van der Waals surface area contributed by atoms with Crippen molar-refractivity contribution in [3.05, 3.63) is 21.4 Å². The summed E-state index contributed by atoms with van der Waals surface area (Å²) in [6.07, 6.45) is 4.83. The number of hydrogen-bond donors (Lipinski definition) is 0. The van der Waals surface area contributed by atoms with Gasteiger partial charge in [-0.1, -0.05) is 0 Å². The number of hydrogen-bond acceptors (Lipinski definition) is 8. The number of rotatable bonds is 6. The first kappa shape index (κ1) is 17.0. The van der Waals surface area contributed by atoms with Crippen LogP contribution >= 0.6 is 11.3 Å². The van der Waals surface area contributed by atoms with E-state index in [1.165, 1.54) is 34.8 Å². The van der Waals surface area contributed by atoms with Crippen LogP contribution < -0.4 is 0 Å². The Labute approximate surface area is 151 Å². The van der Waals surface area contributed by atoms with Gasteiger partial charge in [0.05, 0.1) is 32.0 Å². The summed E-state index contributed by atoms with van der Waals surface area (Å²) in [6, 6.07) is 0. The molecule has 1 aliphatic carbocycles. The monoisotopic (exact) mass is 364 g/mol. The Bertz CT molecular complexity index is 679. The van der Waals surface area contributed by atoms with Crippen LogP contribution in [0.4, 0.5) is 0 Å². The van der Waals surface area contributed by atoms with Gasteiger partial charge in [0.2, 0.25) is 0 Å². The molecule has 136 valence electrons. The summed E-state index contributed by atoms with van der Waals surface area (Å²) >= 11 is 1.89. The molecule has 1 saturated heterocycles. The molecular weight excluding hydrogens is 340 g/mol. The maximum Gasteiger partial charge on any atom is 0.181 e. The second kappa shape index (κ2) is 7.86. The highest BCUT2D eigenvalue weighted by molar-refractivity contribution is 7.11. The number of aryl methyl sites for hydroxylation is 2. The van der Waals surface area contributed by atoms with Crippen molar-refractivity contribution in [3.8, 4) is 0 Å². The molecule has 0 spiro atoms. The summed E-state index contributed by atoms with van der Waals surface area (Å²) in [4.78, 5) is 8.76. The zero-order chi connectivity index (χ0) is 17.1. The van der Waals surface area contributed by atoms with Crippen LogP contribution in [0, 0.1) is 0 Å². The zero-order valence-electron chi connectivity index (χ0n) is 14.6. The number of ether oxygens (including phenoxy) is 2. The molecular formula is C16H24N6O2S. The minimum Gasteiger partial charge on any atom is -0.383 e. The van der Waals surface area contributed by atoms with Crippen LogP contribution in [0.15, 0.2) is 0 Å². The van der Waals surface area contributed by atoms with Gasteiger partial charge in [0.1, 0.15) is 11.1 Å². The summed E-state index contributed by atoms with van der Waals surface area (Å²) in [5, 5.41) is 13.2. The Balaban J connectivity index is 1.41. The van der Waals surface area contributed by atoms with Gasteiger partial charge >= 0.3 is 0 Å². The average Bonchev–Trinajstić information content (AvgIpc) is 3.26. The van der Waals surface area contributed by atoms with E-state index in [1.54, 1.807) is 11.8 Å². The quantitative estimate of drug-likeness (QED) is 0.763. The van der Waals surface area contributed by atoms with Crippen LogP contribution in [0.2, 0.25) is 0 Å². The highest BCUT2D eigenvalue weighted by Crippen LogP contribution is 2.28. The van der Waals surface area contributed by atoms with Gasteiger partial charge in [0.25, 0.3) is 0 Å². The molecule has 0 N–H and O–H groups in total. The number of methoxy groups -OCH3 is 1. The van der Waals surface area contributed by atoms with E-state index in [9.17, 15) is 0 Å². The molecule has 1 fully saturated rings. The summed E-state index contributed by atoms with van der Waals surface area (Å²) in [6.45, 7) is 4.50. The first-order chi connectivity index (χ1) is 12.3. The first-order valence-corrected chi connectivity index (χ1v) is 9.71. The molecule has 1 aliphatic heterocycles. The Kier molecular flexibility index (Phi) is 5.35. The molecule has 0 radical (unpaired) electrons. The lowest BCUT2D eigenvalue weighted by Crippen LogP contribution is -2.39. The van der Waals surface area contributed by atoms with E-state index in [1.807, 2.05) is 11.3 Å². The van der Waals surface area contributed by atoms with Crippen molar-refractivity contribution in [2.75, 3.05) is 33.4 Å². The first-order valence-electron chi connectivity index (χ1n) is 8.90. The lowest BCUT2D eigenvalue weighted by atomic mass is 10.0. The molecule has 2 aromatic heterocycles. The maximum absolute atomic E-state index is 5.93. The van der Waals surface area contributed by atoms with Crippen LogP contribution in [-0.2, 0) is 35.4 Å². The molecule has 0 amide bonds. The van der Waals surface area contributed by atoms with Crippen molar-refractivity contribution in [1.29, 1.82) is 0 Å². The Morgan fingerprint density at radius 3 is 3.12 bits per heavy atom. The number of morpholine rings is 1. The van der Waals surface area contributed by atoms with Gasteiger partial charge in [-0.25, -0.2) is 9.67 Å². The Hall–Kier alpha value is -1.42. The minimum atomic E-state index is -0.102. The fourth-order valence-corrected chi connectivity index (χ4v) is 4.65. The van der Waals surface area contributed by atoms with Crippen LogP contribution in [-0.4, -0.2) is 63.5 Å². The largest absolute Gasteiger partial charge is 0.383 e. The molecule has 2 aliphatic rings. The van der Waals surface area contributed by atoms with Crippen LogP contribution in [0.3, 0.4) is 0 Å². The number of thiazole rings is 1. The lowest BCUT2D eigenvalue weighted by Gasteiger charge is -2.31. The highest BCUT2D eigenvalue weighted by Gasteiger charge is 2.27. The highest BCUT2D eigenvalue weighted by atomic mass is 32.1. The van der Waals surface area contributed by atoms with E-state index in [0.29, 0.717) is 19.8 Å². The van der Waals surface area contributed by atoms with E-state index in [2.05, 4.69) is 20.4 Å². The zero-order valence-corrected chi connectivity index (χ0v) is 15.4. The van der Waals surface area contributed by atoms with Crippen molar-refractivity contribution in [2.24, 2.45) is 0 Å². The molecule has 4 rings (SSSR count). The molecule has 25 heavy (non-hydrogen) atoms. The lowest BCUT2D eigenvalue weighted by molar-refractivity contribution is -0.0397. The number of nitrogens with zero attached hydrogens (tertiary/aromatic N) is 6. The van der Waals surface area contributed by atoms with Crippen molar-refractivity contribution >= 4 is 11.3 Å². The van der Waals surface area contributed by atoms with Crippen LogP contribution in [0.25, 0.3) is 0 Å². The van der Waals surface area contributed by atoms with E-state index in [0.717, 1.165) is 31.9 Å². The van der Waals surface area contributed by atoms with Gasteiger partial charge in [0, 0.05) is 25.1 Å². The van der Waals surface area contributed by atoms with Crippen LogP contribution in [0.1, 0.15) is 40.3 Å². The predicted molar refractivity (Wildman–Crippen MR) is 92.4 cm³/mol. The van der Waals surface area contributed by atoms with E-state index in [-0.39, 0.29) is 6.10 Å². The Morgan fingerprint density at radius 1 is 1.32 bits per heavy atom. The number of tetrazole rings is 1. The third-order valence-corrected chi connectivity index (χ3v) is 5.90. The summed E-state index contributed by atoms with van der Waals surface area (Å²) in [5.74, 6) is 0.778. The molecule has 0 aromatic carbocycles. The summed E-state index contributed by atoms with van der Waals surface area (Å²) < 4.78 is 12.8. The van der Waals surface area contributed by atoms with Crippen molar-refractivity contribution in [1.82, 2.24) is 30.1 Å². The Morgan fingerprint density at radius 2 is 2.24 bits per heavy atom. The van der Waals surface area contributed by atoms with Crippen LogP contribution in [0.5, 0.6) is 0 Å². The van der Waals surface area contributed by atoms with Crippen molar-refractivity contribution in [2.45, 2.75) is 44.9 Å². The van der Waals surface area contributed by atoms with Gasteiger partial charge < -0.3 is 9.47 Å². The molecule has 2 aromatic rings. The van der Waals surface area contributed by atoms with Crippen molar-refractivity contribution in [3.63, 3.8) is 0 Å². The van der Waals surface area contributed by atoms with Gasteiger partial charge in [-0.3, -0.25) is 4.90 Å². The molecule has 0 bridgehead atoms. The van der Waals surface area contributed by atoms with Crippen molar-refractivity contribution < 1.29 is 9.47 Å². The molecule has 0 saturated carbocycles. The van der Waals surface area contributed by atoms with Gasteiger partial charge in [-0.05, 0) is 36.1 Å². The molecule has 8 nitrogen and oxygen atoms in total. The molecule has 3 heterocycles. The van der Waals surface area contributed by atoms with Gasteiger partial charge in [-0.15, -0.1) is 16.4 Å². The topological polar surface area (TPSA) is 78.2 Å². The molecule has 1 atom stereocenters. The summed E-state index contributed by atoms with van der Waals surface area (Å²) in [5.41, 5.74) is 1.33. The fraction of sp³-hybridized carbons (Fsp3) is 0.750. The minimum absolute atomic E-state index is 0.102. The fourth-order valence-electron chi connectivity index (χ4n) is 3.45. The third-order valence-electron chi connectivity index (χ3n) is 4.75. The van der Waals surface area contributed by atoms with E-state index in [4.69, 9.17) is 14.5 Å². The van der Waals surface area contributed by atoms with E-state index < -0.39 is 0 Å². The predicted octanol–water partition coefficient (Wildman–Crippen LogP) is 1.23. The second-order valence-electron chi connectivity index (χ2n) is 6.53. The second-order valence-corrected chi connectivity index (χ2v) is 7.70. The SMILES string of the molecule is COCCn1nnnc1[C@@H]1CN(Cc2nc3c(s2)CCCC3)CCO1. The smallest absolute Gasteiger partial charge is 0.181 e. The molecule has 0 unspecified atom stereocenters. The van der Waals surface area contributed by atoms with Gasteiger partial charge in [-0.2, -0.15) is 0 Å². The van der Waals surface area contributed by atoms with Gasteiger partial charge in [0.15, 0.2) is 5.82 Å². The average molecular weight is 364 g/mol. The molecule has 9 heteroatoms. The maximum atomic E-state index is 5.93. The number of fused-ring (bicyclic) bond motifs is 1. The number of aromatic nitrogens is 5. The normalized spacial score (nSPS) is 21.4. The third kappa shape index (κ3) is 3.89. The summed E-state index contributed by atoms with van der Waals surface area (Å²) in [7, 11) is 1.68.